The van der Waals surface area contributed by atoms with Crippen molar-refractivity contribution < 1.29 is 5.11 Å². The molecule has 0 fully saturated rings. The van der Waals surface area contributed by atoms with E-state index in [1.807, 2.05) is 12.1 Å². The molecule has 0 radical (unpaired) electrons. The molecule has 162 valence electrons. The topological polar surface area (TPSA) is 20.2 Å². The molecule has 0 saturated heterocycles. The summed E-state index contributed by atoms with van der Waals surface area (Å²) in [6, 6.07) is 34.5. The van der Waals surface area contributed by atoms with Gasteiger partial charge in [-0.05, 0) is 73.1 Å². The van der Waals surface area contributed by atoms with Gasteiger partial charge in [0.05, 0.1) is 0 Å². The van der Waals surface area contributed by atoms with Crippen LogP contribution in [0.5, 0.6) is 5.75 Å². The first-order valence-corrected chi connectivity index (χ1v) is 11.4. The Balaban J connectivity index is 1.68. The van der Waals surface area contributed by atoms with Gasteiger partial charge in [0.25, 0.3) is 0 Å². The number of hydrogen-bond acceptors (Lipinski definition) is 1. The second-order valence-corrected chi connectivity index (χ2v) is 9.25. The number of benzene rings is 4. The van der Waals surface area contributed by atoms with Crippen molar-refractivity contribution in [3.05, 3.63) is 136 Å². The van der Waals surface area contributed by atoms with E-state index in [4.69, 9.17) is 0 Å². The monoisotopic (exact) mass is 420 g/mol. The summed E-state index contributed by atoms with van der Waals surface area (Å²) in [4.78, 5) is 0. The van der Waals surface area contributed by atoms with Gasteiger partial charge in [-0.2, -0.15) is 0 Å². The summed E-state index contributed by atoms with van der Waals surface area (Å²) in [6.07, 6.45) is 0.951. The summed E-state index contributed by atoms with van der Waals surface area (Å²) in [6.45, 7) is 8.87. The highest BCUT2D eigenvalue weighted by atomic mass is 16.3. The van der Waals surface area contributed by atoms with Crippen LogP contribution in [0, 0.1) is 13.8 Å². The lowest BCUT2D eigenvalue weighted by atomic mass is 9.70. The fourth-order valence-corrected chi connectivity index (χ4v) is 4.52. The predicted molar refractivity (Wildman–Crippen MR) is 135 cm³/mol. The molecule has 4 aromatic carbocycles. The third-order valence-electron chi connectivity index (χ3n) is 6.79. The first-order valence-electron chi connectivity index (χ1n) is 11.4. The van der Waals surface area contributed by atoms with E-state index < -0.39 is 0 Å². The minimum absolute atomic E-state index is 0.222. The van der Waals surface area contributed by atoms with E-state index in [1.54, 1.807) is 12.1 Å². The maximum atomic E-state index is 9.53. The van der Waals surface area contributed by atoms with Gasteiger partial charge in [0, 0.05) is 5.41 Å². The van der Waals surface area contributed by atoms with E-state index >= 15 is 0 Å². The first kappa shape index (κ1) is 21.9. The van der Waals surface area contributed by atoms with Crippen molar-refractivity contribution in [3.8, 4) is 5.75 Å². The molecule has 1 heteroatoms. The van der Waals surface area contributed by atoms with Crippen LogP contribution < -0.4 is 0 Å². The van der Waals surface area contributed by atoms with E-state index in [9.17, 15) is 5.11 Å². The minimum Gasteiger partial charge on any atom is -0.508 e. The third-order valence-corrected chi connectivity index (χ3v) is 6.79. The first-order chi connectivity index (χ1) is 15.4. The summed E-state index contributed by atoms with van der Waals surface area (Å²) in [5.41, 5.74) is 8.80. The van der Waals surface area contributed by atoms with Gasteiger partial charge in [-0.1, -0.05) is 103 Å². The molecule has 0 heterocycles. The highest BCUT2D eigenvalue weighted by Gasteiger charge is 2.31. The Bertz CT molecular complexity index is 1110. The fraction of sp³-hybridized carbons (Fsp3) is 0.226. The molecule has 1 nitrogen and oxygen atoms in total. The summed E-state index contributed by atoms with van der Waals surface area (Å²) < 4.78 is 0. The molecule has 0 aliphatic carbocycles. The zero-order chi connectivity index (χ0) is 22.7. The quantitative estimate of drug-likeness (QED) is 0.317. The highest BCUT2D eigenvalue weighted by molar-refractivity contribution is 5.51. The largest absolute Gasteiger partial charge is 0.508 e. The fourth-order valence-electron chi connectivity index (χ4n) is 4.52. The van der Waals surface area contributed by atoms with Crippen molar-refractivity contribution in [2.75, 3.05) is 0 Å². The number of aryl methyl sites for hydroxylation is 2. The van der Waals surface area contributed by atoms with Gasteiger partial charge in [0.15, 0.2) is 0 Å². The summed E-state index contributed by atoms with van der Waals surface area (Å²) >= 11 is 0. The molecule has 0 aliphatic heterocycles. The highest BCUT2D eigenvalue weighted by Crippen LogP contribution is 2.39. The van der Waals surface area contributed by atoms with E-state index in [0.29, 0.717) is 11.7 Å². The zero-order valence-corrected chi connectivity index (χ0v) is 19.5. The zero-order valence-electron chi connectivity index (χ0n) is 19.5. The average molecular weight is 421 g/mol. The predicted octanol–water partition coefficient (Wildman–Crippen LogP) is 7.71. The van der Waals surface area contributed by atoms with Crippen molar-refractivity contribution in [2.24, 2.45) is 0 Å². The molecule has 1 N–H and O–H groups in total. The summed E-state index contributed by atoms with van der Waals surface area (Å²) in [5.74, 6) is 0.718. The van der Waals surface area contributed by atoms with E-state index in [2.05, 4.69) is 100 Å². The normalized spacial score (nSPS) is 12.5. The molecular formula is C31H32O. The Morgan fingerprint density at radius 3 is 1.47 bits per heavy atom. The number of hydrogen-bond donors (Lipinski definition) is 1. The smallest absolute Gasteiger partial charge is 0.115 e. The number of rotatable bonds is 6. The molecule has 0 aliphatic rings. The molecule has 0 amide bonds. The van der Waals surface area contributed by atoms with Gasteiger partial charge in [-0.15, -0.1) is 0 Å². The van der Waals surface area contributed by atoms with Crippen LogP contribution in [0.4, 0.5) is 0 Å². The van der Waals surface area contributed by atoms with Gasteiger partial charge in [-0.3, -0.25) is 0 Å². The molecule has 0 bridgehead atoms. The van der Waals surface area contributed by atoms with Crippen LogP contribution in [0.15, 0.2) is 97.1 Å². The number of phenolic OH excluding ortho intramolecular Hbond substituents is 1. The van der Waals surface area contributed by atoms with Gasteiger partial charge in [0.1, 0.15) is 5.75 Å². The lowest BCUT2D eigenvalue weighted by Crippen LogP contribution is -2.25. The van der Waals surface area contributed by atoms with Crippen molar-refractivity contribution in [1.29, 1.82) is 0 Å². The molecule has 0 spiro atoms. The Kier molecular flexibility index (Phi) is 6.19. The Hall–Kier alpha value is -3.32. The maximum Gasteiger partial charge on any atom is 0.115 e. The Labute approximate surface area is 192 Å². The van der Waals surface area contributed by atoms with Gasteiger partial charge >= 0.3 is 0 Å². The standard InChI is InChI=1S/C31H32O/c1-22-5-13-27(14-6-22)31(4,28-15-7-23(2)8-16-28)29-17-11-26(12-18-29)24(3)21-25-9-19-30(32)20-10-25/h5-20,24,32H,21H2,1-4H3. The van der Waals surface area contributed by atoms with Crippen LogP contribution in [-0.2, 0) is 11.8 Å². The van der Waals surface area contributed by atoms with Gasteiger partial charge < -0.3 is 5.11 Å². The summed E-state index contributed by atoms with van der Waals surface area (Å²) in [7, 11) is 0. The molecular weight excluding hydrogens is 388 g/mol. The molecule has 0 aromatic heterocycles. The van der Waals surface area contributed by atoms with Crippen LogP contribution in [0.25, 0.3) is 0 Å². The van der Waals surface area contributed by atoms with Gasteiger partial charge in [0.2, 0.25) is 0 Å². The van der Waals surface area contributed by atoms with Crippen molar-refractivity contribution in [2.45, 2.75) is 45.4 Å². The van der Waals surface area contributed by atoms with E-state index in [-0.39, 0.29) is 5.41 Å². The number of phenols is 1. The molecule has 32 heavy (non-hydrogen) atoms. The Morgan fingerprint density at radius 1 is 0.625 bits per heavy atom. The molecule has 1 atom stereocenters. The maximum absolute atomic E-state index is 9.53. The van der Waals surface area contributed by atoms with Crippen LogP contribution in [0.2, 0.25) is 0 Å². The lowest BCUT2D eigenvalue weighted by molar-refractivity contribution is 0.475. The van der Waals surface area contributed by atoms with Crippen LogP contribution >= 0.6 is 0 Å². The van der Waals surface area contributed by atoms with E-state index in [0.717, 1.165) is 6.42 Å². The summed E-state index contributed by atoms with van der Waals surface area (Å²) in [5, 5.41) is 9.53. The minimum atomic E-state index is -0.222. The molecule has 4 aromatic rings. The van der Waals surface area contributed by atoms with Crippen LogP contribution in [0.1, 0.15) is 58.7 Å². The van der Waals surface area contributed by atoms with Gasteiger partial charge in [-0.25, -0.2) is 0 Å². The van der Waals surface area contributed by atoms with E-state index in [1.165, 1.54) is 38.9 Å². The number of aromatic hydroxyl groups is 1. The average Bonchev–Trinajstić information content (AvgIpc) is 2.81. The van der Waals surface area contributed by atoms with Crippen LogP contribution in [-0.4, -0.2) is 5.11 Å². The molecule has 0 saturated carbocycles. The van der Waals surface area contributed by atoms with Crippen molar-refractivity contribution >= 4 is 0 Å². The van der Waals surface area contributed by atoms with Crippen LogP contribution in [0.3, 0.4) is 0 Å². The second kappa shape index (κ2) is 9.04. The SMILES string of the molecule is Cc1ccc(C(C)(c2ccc(C)cc2)c2ccc(C(C)Cc3ccc(O)cc3)cc2)cc1. The molecule has 1 unspecified atom stereocenters. The lowest BCUT2D eigenvalue weighted by Gasteiger charge is -2.32. The van der Waals surface area contributed by atoms with Crippen molar-refractivity contribution in [3.63, 3.8) is 0 Å². The third kappa shape index (κ3) is 4.48. The Morgan fingerprint density at radius 2 is 1.03 bits per heavy atom. The second-order valence-electron chi connectivity index (χ2n) is 9.25. The molecule has 4 rings (SSSR count). The van der Waals surface area contributed by atoms with Crippen molar-refractivity contribution in [1.82, 2.24) is 0 Å².